The molecule has 0 aliphatic carbocycles. The van der Waals surface area contributed by atoms with Gasteiger partial charge in [-0.2, -0.15) is 0 Å². The van der Waals surface area contributed by atoms with E-state index in [1.165, 1.54) is 0 Å². The number of pyridine rings is 1. The largest absolute Gasteiger partial charge is 0.472 e. The molecule has 2 aromatic heterocycles. The van der Waals surface area contributed by atoms with Gasteiger partial charge in [0.05, 0.1) is 22.6 Å². The summed E-state index contributed by atoms with van der Waals surface area (Å²) in [6.45, 7) is 0.550. The standard InChI is InChI=1S/C10H10Cl2N4O/c11-7-3-8(12)10(16-13)15-9(7)14-4-6-1-2-17-5-6/h1-3,5H,4,13H2,(H2,14,15,16). The van der Waals surface area contributed by atoms with Crippen LogP contribution in [0.25, 0.3) is 0 Å². The van der Waals surface area contributed by atoms with Crippen molar-refractivity contribution in [3.8, 4) is 0 Å². The Morgan fingerprint density at radius 2 is 2.06 bits per heavy atom. The number of nitrogens with two attached hydrogens (primary N) is 1. The smallest absolute Gasteiger partial charge is 0.161 e. The van der Waals surface area contributed by atoms with Crippen LogP contribution in [0.5, 0.6) is 0 Å². The predicted octanol–water partition coefficient (Wildman–Crippen LogP) is 2.88. The molecule has 0 bridgehead atoms. The molecule has 2 aromatic rings. The minimum Gasteiger partial charge on any atom is -0.472 e. The molecule has 0 amide bonds. The van der Waals surface area contributed by atoms with Gasteiger partial charge in [0.25, 0.3) is 0 Å². The summed E-state index contributed by atoms with van der Waals surface area (Å²) < 4.78 is 4.95. The number of halogens is 2. The molecule has 0 aliphatic rings. The lowest BCUT2D eigenvalue weighted by Crippen LogP contribution is -2.11. The third kappa shape index (κ3) is 2.82. The number of nitrogens with zero attached hydrogens (tertiary/aromatic N) is 1. The van der Waals surface area contributed by atoms with E-state index in [2.05, 4.69) is 15.7 Å². The van der Waals surface area contributed by atoms with Crippen LogP contribution < -0.4 is 16.6 Å². The van der Waals surface area contributed by atoms with E-state index in [-0.39, 0.29) is 0 Å². The van der Waals surface area contributed by atoms with Gasteiger partial charge in [0.15, 0.2) is 5.82 Å². The highest BCUT2D eigenvalue weighted by molar-refractivity contribution is 6.37. The van der Waals surface area contributed by atoms with Crippen LogP contribution in [-0.2, 0) is 6.54 Å². The number of hydrogen-bond acceptors (Lipinski definition) is 5. The first-order chi connectivity index (χ1) is 8.20. The number of aromatic nitrogens is 1. The maximum Gasteiger partial charge on any atom is 0.161 e. The zero-order valence-corrected chi connectivity index (χ0v) is 10.2. The summed E-state index contributed by atoms with van der Waals surface area (Å²) in [6.07, 6.45) is 3.24. The van der Waals surface area contributed by atoms with Gasteiger partial charge in [0, 0.05) is 12.1 Å². The fourth-order valence-corrected chi connectivity index (χ4v) is 1.75. The van der Waals surface area contributed by atoms with Crippen molar-refractivity contribution < 1.29 is 4.42 Å². The predicted molar refractivity (Wildman–Crippen MR) is 68.1 cm³/mol. The van der Waals surface area contributed by atoms with Crippen LogP contribution in [0.1, 0.15) is 5.56 Å². The third-order valence-electron chi connectivity index (χ3n) is 2.11. The second-order valence-corrected chi connectivity index (χ2v) is 4.09. The summed E-state index contributed by atoms with van der Waals surface area (Å²) in [5.41, 5.74) is 3.38. The Hall–Kier alpha value is -1.43. The van der Waals surface area contributed by atoms with Crippen LogP contribution in [-0.4, -0.2) is 4.98 Å². The van der Waals surface area contributed by atoms with Gasteiger partial charge in [-0.15, -0.1) is 0 Å². The Morgan fingerprint density at radius 1 is 1.29 bits per heavy atom. The topological polar surface area (TPSA) is 76.1 Å². The van der Waals surface area contributed by atoms with Gasteiger partial charge in [0.1, 0.15) is 5.82 Å². The van der Waals surface area contributed by atoms with Gasteiger partial charge in [-0.1, -0.05) is 23.2 Å². The van der Waals surface area contributed by atoms with Crippen molar-refractivity contribution in [2.75, 3.05) is 10.7 Å². The average molecular weight is 273 g/mol. The lowest BCUT2D eigenvalue weighted by Gasteiger charge is -2.09. The minimum absolute atomic E-state index is 0.366. The number of rotatable bonds is 4. The van der Waals surface area contributed by atoms with Gasteiger partial charge in [-0.3, -0.25) is 0 Å². The summed E-state index contributed by atoms with van der Waals surface area (Å²) in [6, 6.07) is 3.42. The number of anilines is 2. The molecular weight excluding hydrogens is 263 g/mol. The van der Waals surface area contributed by atoms with Crippen molar-refractivity contribution >= 4 is 34.8 Å². The number of nitrogens with one attached hydrogen (secondary N) is 2. The molecule has 0 unspecified atom stereocenters. The number of hydrazine groups is 1. The van der Waals surface area contributed by atoms with Crippen molar-refractivity contribution in [3.05, 3.63) is 40.3 Å². The van der Waals surface area contributed by atoms with Gasteiger partial charge in [0.2, 0.25) is 0 Å². The number of hydrogen-bond donors (Lipinski definition) is 3. The monoisotopic (exact) mass is 272 g/mol. The molecule has 2 heterocycles. The second-order valence-electron chi connectivity index (χ2n) is 3.28. The summed E-state index contributed by atoms with van der Waals surface area (Å²) in [5.74, 6) is 6.15. The molecule has 0 radical (unpaired) electrons. The maximum absolute atomic E-state index is 6.00. The highest BCUT2D eigenvalue weighted by Crippen LogP contribution is 2.28. The van der Waals surface area contributed by atoms with E-state index in [9.17, 15) is 0 Å². The Balaban J connectivity index is 2.15. The van der Waals surface area contributed by atoms with Crippen LogP contribution in [0.3, 0.4) is 0 Å². The fraction of sp³-hybridized carbons (Fsp3) is 0.100. The zero-order chi connectivity index (χ0) is 12.3. The molecule has 17 heavy (non-hydrogen) atoms. The van der Waals surface area contributed by atoms with Gasteiger partial charge in [-0.25, -0.2) is 10.8 Å². The van der Waals surface area contributed by atoms with Crippen LogP contribution >= 0.6 is 23.2 Å². The van der Waals surface area contributed by atoms with E-state index in [1.54, 1.807) is 18.6 Å². The summed E-state index contributed by atoms with van der Waals surface area (Å²) in [7, 11) is 0. The van der Waals surface area contributed by atoms with E-state index in [1.807, 2.05) is 6.07 Å². The average Bonchev–Trinajstić information content (AvgIpc) is 2.81. The second kappa shape index (κ2) is 5.27. The van der Waals surface area contributed by atoms with E-state index < -0.39 is 0 Å². The van der Waals surface area contributed by atoms with Gasteiger partial charge < -0.3 is 15.2 Å². The van der Waals surface area contributed by atoms with Crippen molar-refractivity contribution in [1.82, 2.24) is 4.98 Å². The fourth-order valence-electron chi connectivity index (χ4n) is 1.27. The normalized spacial score (nSPS) is 10.3. The first-order valence-electron chi connectivity index (χ1n) is 4.78. The Labute approximate surface area is 108 Å². The molecule has 2 rings (SSSR count). The summed E-state index contributed by atoms with van der Waals surface area (Å²) >= 11 is 11.9. The quantitative estimate of drug-likeness (QED) is 0.590. The van der Waals surface area contributed by atoms with E-state index in [0.717, 1.165) is 5.56 Å². The molecule has 4 N–H and O–H groups in total. The molecular formula is C10H10Cl2N4O. The van der Waals surface area contributed by atoms with Crippen molar-refractivity contribution in [2.45, 2.75) is 6.54 Å². The molecule has 0 aliphatic heterocycles. The van der Waals surface area contributed by atoms with Gasteiger partial charge in [-0.05, 0) is 12.1 Å². The minimum atomic E-state index is 0.366. The maximum atomic E-state index is 6.00. The molecule has 0 spiro atoms. The molecule has 0 atom stereocenters. The molecule has 7 heteroatoms. The lowest BCUT2D eigenvalue weighted by molar-refractivity contribution is 0.564. The Kier molecular flexibility index (Phi) is 3.73. The van der Waals surface area contributed by atoms with Crippen molar-refractivity contribution in [3.63, 3.8) is 0 Å². The molecule has 90 valence electrons. The van der Waals surface area contributed by atoms with Crippen molar-refractivity contribution in [1.29, 1.82) is 0 Å². The molecule has 0 aromatic carbocycles. The first kappa shape index (κ1) is 12.0. The van der Waals surface area contributed by atoms with Gasteiger partial charge >= 0.3 is 0 Å². The Bertz CT molecular complexity index is 501. The lowest BCUT2D eigenvalue weighted by atomic mass is 10.3. The zero-order valence-electron chi connectivity index (χ0n) is 8.71. The third-order valence-corrected chi connectivity index (χ3v) is 2.68. The number of furan rings is 1. The highest BCUT2D eigenvalue weighted by Gasteiger charge is 2.08. The number of nitrogen functional groups attached to an aromatic ring is 1. The van der Waals surface area contributed by atoms with Crippen LogP contribution in [0.4, 0.5) is 11.6 Å². The van der Waals surface area contributed by atoms with E-state index >= 15 is 0 Å². The van der Waals surface area contributed by atoms with Crippen LogP contribution in [0.2, 0.25) is 10.0 Å². The highest BCUT2D eigenvalue weighted by atomic mass is 35.5. The Morgan fingerprint density at radius 3 is 2.71 bits per heavy atom. The summed E-state index contributed by atoms with van der Waals surface area (Å²) in [5, 5.41) is 3.86. The molecule has 0 fully saturated rings. The first-order valence-corrected chi connectivity index (χ1v) is 5.54. The SMILES string of the molecule is NNc1nc(NCc2ccoc2)c(Cl)cc1Cl. The van der Waals surface area contributed by atoms with Crippen molar-refractivity contribution in [2.24, 2.45) is 5.84 Å². The molecule has 0 saturated carbocycles. The van der Waals surface area contributed by atoms with E-state index in [4.69, 9.17) is 33.5 Å². The van der Waals surface area contributed by atoms with Crippen LogP contribution in [0, 0.1) is 0 Å². The van der Waals surface area contributed by atoms with E-state index in [0.29, 0.717) is 28.2 Å². The summed E-state index contributed by atoms with van der Waals surface area (Å²) in [4.78, 5) is 4.15. The molecule has 0 saturated heterocycles. The van der Waals surface area contributed by atoms with Crippen LogP contribution in [0.15, 0.2) is 29.1 Å². The molecule has 5 nitrogen and oxygen atoms in total.